The molecule has 3 rings (SSSR count). The second-order valence-corrected chi connectivity index (χ2v) is 7.03. The quantitative estimate of drug-likeness (QED) is 0.601. The number of halogens is 2. The molecular weight excluding hydrogens is 395 g/mol. The highest BCUT2D eigenvalue weighted by molar-refractivity contribution is 7.09. The van der Waals surface area contributed by atoms with E-state index >= 15 is 0 Å². The van der Waals surface area contributed by atoms with Gasteiger partial charge in [0.1, 0.15) is 17.4 Å². The van der Waals surface area contributed by atoms with Gasteiger partial charge in [0, 0.05) is 22.9 Å². The van der Waals surface area contributed by atoms with Crippen LogP contribution in [0.1, 0.15) is 29.3 Å². The lowest BCUT2D eigenvalue weighted by molar-refractivity contribution is 0.305. The number of aromatic nitrogens is 3. The summed E-state index contributed by atoms with van der Waals surface area (Å²) in [5, 5.41) is 10.7. The van der Waals surface area contributed by atoms with Gasteiger partial charge in [0.05, 0.1) is 12.1 Å². The van der Waals surface area contributed by atoms with Crippen LogP contribution in [0.3, 0.4) is 0 Å². The molecule has 0 aliphatic rings. The van der Waals surface area contributed by atoms with Crippen molar-refractivity contribution in [2.24, 2.45) is 0 Å². The van der Waals surface area contributed by atoms with E-state index in [-0.39, 0.29) is 12.4 Å². The first-order valence-electron chi connectivity index (χ1n) is 7.92. The van der Waals surface area contributed by atoms with E-state index in [2.05, 4.69) is 27.4 Å². The van der Waals surface area contributed by atoms with Crippen molar-refractivity contribution in [3.8, 4) is 5.75 Å². The van der Waals surface area contributed by atoms with Crippen LogP contribution in [0, 0.1) is 0 Å². The van der Waals surface area contributed by atoms with E-state index in [0.29, 0.717) is 35.8 Å². The number of ether oxygens (including phenoxy) is 1. The Labute approximate surface area is 167 Å². The Morgan fingerprint density at radius 3 is 2.77 bits per heavy atom. The van der Waals surface area contributed by atoms with Crippen LogP contribution in [0.4, 0.5) is 0 Å². The van der Waals surface area contributed by atoms with Crippen LogP contribution in [0.25, 0.3) is 0 Å². The third kappa shape index (κ3) is 5.95. The van der Waals surface area contributed by atoms with Crippen LogP contribution < -0.4 is 10.1 Å². The molecule has 1 unspecified atom stereocenters. The van der Waals surface area contributed by atoms with Gasteiger partial charge in [-0.2, -0.15) is 4.98 Å². The van der Waals surface area contributed by atoms with E-state index in [1.165, 1.54) is 0 Å². The van der Waals surface area contributed by atoms with E-state index < -0.39 is 0 Å². The third-order valence-corrected chi connectivity index (χ3v) is 4.72. The Hall–Kier alpha value is -1.67. The van der Waals surface area contributed by atoms with Crippen molar-refractivity contribution in [3.05, 3.63) is 57.1 Å². The monoisotopic (exact) mass is 414 g/mol. The van der Waals surface area contributed by atoms with Crippen molar-refractivity contribution in [2.75, 3.05) is 7.05 Å². The van der Waals surface area contributed by atoms with Gasteiger partial charge in [0.2, 0.25) is 5.89 Å². The van der Waals surface area contributed by atoms with Crippen LogP contribution in [0.5, 0.6) is 5.75 Å². The largest absolute Gasteiger partial charge is 0.486 e. The number of thiazole rings is 1. The Morgan fingerprint density at radius 1 is 1.27 bits per heavy atom. The summed E-state index contributed by atoms with van der Waals surface area (Å²) < 4.78 is 11.0. The normalized spacial score (nSPS) is 11.8. The number of likely N-dealkylation sites (N-methyl/N-ethyl adjacent to an activating group) is 1. The predicted molar refractivity (Wildman–Crippen MR) is 104 cm³/mol. The van der Waals surface area contributed by atoms with Crippen molar-refractivity contribution in [2.45, 2.75) is 32.4 Å². The maximum absolute atomic E-state index is 5.86. The molecule has 0 saturated carbocycles. The molecule has 3 aromatic rings. The Balaban J connectivity index is 0.00000243. The number of hydrogen-bond donors (Lipinski definition) is 1. The smallest absolute Gasteiger partial charge is 0.232 e. The van der Waals surface area contributed by atoms with Crippen LogP contribution in [-0.2, 0) is 19.4 Å². The van der Waals surface area contributed by atoms with Gasteiger partial charge in [-0.25, -0.2) is 4.98 Å². The minimum absolute atomic E-state index is 0. The van der Waals surface area contributed by atoms with Crippen LogP contribution in [0.15, 0.2) is 34.2 Å². The molecule has 2 heterocycles. The molecule has 0 aliphatic carbocycles. The van der Waals surface area contributed by atoms with Gasteiger partial charge in [-0.15, -0.1) is 23.7 Å². The fraction of sp³-hybridized carbons (Fsp3) is 0.353. The molecule has 26 heavy (non-hydrogen) atoms. The maximum atomic E-state index is 5.86. The van der Waals surface area contributed by atoms with Gasteiger partial charge in [-0.05, 0) is 38.2 Å². The third-order valence-electron chi connectivity index (χ3n) is 3.60. The molecule has 0 fully saturated rings. The first-order valence-corrected chi connectivity index (χ1v) is 9.18. The molecule has 0 saturated heterocycles. The lowest BCUT2D eigenvalue weighted by atomic mass is 10.2. The first kappa shape index (κ1) is 20.6. The molecule has 0 spiro atoms. The Kier molecular flexibility index (Phi) is 7.84. The van der Waals surface area contributed by atoms with Crippen LogP contribution >= 0.6 is 35.3 Å². The highest BCUT2D eigenvalue weighted by Crippen LogP contribution is 2.19. The van der Waals surface area contributed by atoms with Gasteiger partial charge in [-0.3, -0.25) is 0 Å². The summed E-state index contributed by atoms with van der Waals surface area (Å²) in [5.41, 5.74) is 0.900. The van der Waals surface area contributed by atoms with Crippen molar-refractivity contribution < 1.29 is 9.26 Å². The SMILES string of the molecule is CNC(C)Cc1noc(Cc2csc(COc3ccc(Cl)cc3)n2)n1.Cl. The van der Waals surface area contributed by atoms with E-state index in [1.54, 1.807) is 23.5 Å². The topological polar surface area (TPSA) is 73.1 Å². The maximum Gasteiger partial charge on any atom is 0.232 e. The molecular formula is C17H20Cl2N4O2S. The van der Waals surface area contributed by atoms with Gasteiger partial charge in [0.15, 0.2) is 5.82 Å². The zero-order valence-electron chi connectivity index (χ0n) is 14.4. The van der Waals surface area contributed by atoms with E-state index in [9.17, 15) is 0 Å². The van der Waals surface area contributed by atoms with Gasteiger partial charge < -0.3 is 14.6 Å². The Bertz CT molecular complexity index is 807. The minimum atomic E-state index is 0. The molecule has 0 aliphatic heterocycles. The lowest BCUT2D eigenvalue weighted by Crippen LogP contribution is -2.24. The summed E-state index contributed by atoms with van der Waals surface area (Å²) in [6.45, 7) is 2.49. The number of hydrogen-bond acceptors (Lipinski definition) is 7. The summed E-state index contributed by atoms with van der Waals surface area (Å²) in [7, 11) is 1.91. The van der Waals surface area contributed by atoms with Gasteiger partial charge in [-0.1, -0.05) is 16.8 Å². The summed E-state index contributed by atoms with van der Waals surface area (Å²) in [6.07, 6.45) is 1.26. The molecule has 9 heteroatoms. The van der Waals surface area contributed by atoms with Crippen LogP contribution in [-0.4, -0.2) is 28.2 Å². The minimum Gasteiger partial charge on any atom is -0.486 e. The number of benzene rings is 1. The van der Waals surface area contributed by atoms with Gasteiger partial charge in [0.25, 0.3) is 0 Å². The lowest BCUT2D eigenvalue weighted by Gasteiger charge is -2.04. The van der Waals surface area contributed by atoms with Gasteiger partial charge >= 0.3 is 0 Å². The summed E-state index contributed by atoms with van der Waals surface area (Å²) >= 11 is 7.41. The highest BCUT2D eigenvalue weighted by Gasteiger charge is 2.12. The molecule has 1 aromatic carbocycles. The fourth-order valence-electron chi connectivity index (χ4n) is 2.15. The number of nitrogens with zero attached hydrogens (tertiary/aromatic N) is 3. The van der Waals surface area contributed by atoms with Crippen molar-refractivity contribution in [1.29, 1.82) is 0 Å². The molecule has 0 bridgehead atoms. The van der Waals surface area contributed by atoms with E-state index in [1.807, 2.05) is 24.6 Å². The van der Waals surface area contributed by atoms with Crippen molar-refractivity contribution in [1.82, 2.24) is 20.4 Å². The zero-order chi connectivity index (χ0) is 17.6. The molecule has 2 aromatic heterocycles. The summed E-state index contributed by atoms with van der Waals surface area (Å²) in [6, 6.07) is 7.58. The van der Waals surface area contributed by atoms with Crippen LogP contribution in [0.2, 0.25) is 5.02 Å². The number of rotatable bonds is 8. The highest BCUT2D eigenvalue weighted by atomic mass is 35.5. The molecule has 140 valence electrons. The predicted octanol–water partition coefficient (Wildman–Crippen LogP) is 3.92. The number of nitrogens with one attached hydrogen (secondary N) is 1. The second kappa shape index (κ2) is 9.87. The average molecular weight is 415 g/mol. The van der Waals surface area contributed by atoms with Crippen molar-refractivity contribution in [3.63, 3.8) is 0 Å². The van der Waals surface area contributed by atoms with E-state index in [0.717, 1.165) is 22.9 Å². The van der Waals surface area contributed by atoms with E-state index in [4.69, 9.17) is 20.9 Å². The zero-order valence-corrected chi connectivity index (χ0v) is 16.8. The Morgan fingerprint density at radius 2 is 2.04 bits per heavy atom. The molecule has 0 amide bonds. The standard InChI is InChI=1S/C17H19ClN4O2S.ClH/c1-11(19-2)7-15-21-16(24-22-15)8-13-10-25-17(20-13)9-23-14-5-3-12(18)4-6-14;/h3-6,10-11,19H,7-9H2,1-2H3;1H. The molecule has 1 N–H and O–H groups in total. The molecule has 1 atom stereocenters. The molecule has 0 radical (unpaired) electrons. The average Bonchev–Trinajstić information content (AvgIpc) is 3.24. The summed E-state index contributed by atoms with van der Waals surface area (Å²) in [5.74, 6) is 2.05. The molecule has 6 nitrogen and oxygen atoms in total. The fourth-order valence-corrected chi connectivity index (χ4v) is 2.98. The summed E-state index contributed by atoms with van der Waals surface area (Å²) in [4.78, 5) is 8.96. The van der Waals surface area contributed by atoms with Crippen molar-refractivity contribution >= 4 is 35.3 Å². The second-order valence-electron chi connectivity index (χ2n) is 5.65. The first-order chi connectivity index (χ1) is 12.1.